The average molecular weight is 867 g/mol. The molecule has 0 aliphatic carbocycles. The van der Waals surface area contributed by atoms with Crippen molar-refractivity contribution in [3.05, 3.63) is 109 Å². The summed E-state index contributed by atoms with van der Waals surface area (Å²) in [4.78, 5) is 12.8. The van der Waals surface area contributed by atoms with E-state index < -0.39 is 43.4 Å². The average Bonchev–Trinajstić information content (AvgIpc) is 3.27. The molecule has 0 saturated carbocycles. The Morgan fingerprint density at radius 1 is 0.516 bits per heavy atom. The Bertz CT molecular complexity index is 1310. The second-order valence-corrected chi connectivity index (χ2v) is 15.8. The van der Waals surface area contributed by atoms with Crippen molar-refractivity contribution in [3.63, 3.8) is 0 Å². The molecule has 1 heterocycles. The number of esters is 1. The maximum absolute atomic E-state index is 12.8. The van der Waals surface area contributed by atoms with E-state index in [4.69, 9.17) is 18.9 Å². The summed E-state index contributed by atoms with van der Waals surface area (Å²) >= 11 is 0. The van der Waals surface area contributed by atoms with Gasteiger partial charge in [0.15, 0.2) is 6.29 Å². The first-order valence-corrected chi connectivity index (χ1v) is 24.0. The van der Waals surface area contributed by atoms with Gasteiger partial charge in [0.25, 0.3) is 0 Å². The first-order chi connectivity index (χ1) is 30.4. The number of carbonyl (C=O) groups is 1. The molecule has 6 atom stereocenters. The van der Waals surface area contributed by atoms with Crippen LogP contribution in [0.1, 0.15) is 155 Å². The van der Waals surface area contributed by atoms with Crippen molar-refractivity contribution in [2.75, 3.05) is 26.4 Å². The molecule has 1 aliphatic rings. The van der Waals surface area contributed by atoms with E-state index in [1.165, 1.54) is 25.7 Å². The minimum Gasteiger partial charge on any atom is -0.457 e. The molecule has 9 nitrogen and oxygen atoms in total. The van der Waals surface area contributed by atoms with Gasteiger partial charge in [0.2, 0.25) is 0 Å². The number of hydrogen-bond donors (Lipinski definition) is 4. The van der Waals surface area contributed by atoms with Crippen LogP contribution in [0.3, 0.4) is 0 Å². The summed E-state index contributed by atoms with van der Waals surface area (Å²) in [6, 6.07) is 0. The quantitative estimate of drug-likeness (QED) is 0.0271. The van der Waals surface area contributed by atoms with E-state index in [1.54, 1.807) is 0 Å². The second-order valence-electron chi connectivity index (χ2n) is 15.8. The SMILES string of the molecule is CC/C=C\C/C=C\C/C=C\C/C=C\C/C=C\CCCCOCC(COC1OC(CO)C(O)C(O)C1O)OC(=O)CCCCCCCCCC/C=C\C/C=C\C/C=C\C/C=C\CC. The zero-order valence-electron chi connectivity index (χ0n) is 38.6. The zero-order valence-corrected chi connectivity index (χ0v) is 38.6. The van der Waals surface area contributed by atoms with Gasteiger partial charge in [-0.25, -0.2) is 0 Å². The number of rotatable bonds is 39. The first kappa shape index (κ1) is 56.9. The summed E-state index contributed by atoms with van der Waals surface area (Å²) in [7, 11) is 0. The Balaban J connectivity index is 2.29. The summed E-state index contributed by atoms with van der Waals surface area (Å²) in [5.74, 6) is -0.342. The molecular weight excluding hydrogens is 781 g/mol. The molecule has 1 rings (SSSR count). The van der Waals surface area contributed by atoms with Crippen molar-refractivity contribution in [1.82, 2.24) is 0 Å². The van der Waals surface area contributed by atoms with Crippen LogP contribution in [0.2, 0.25) is 0 Å². The lowest BCUT2D eigenvalue weighted by Gasteiger charge is -2.39. The van der Waals surface area contributed by atoms with E-state index in [9.17, 15) is 25.2 Å². The fourth-order valence-electron chi connectivity index (χ4n) is 6.51. The molecule has 352 valence electrons. The molecule has 1 fully saturated rings. The first-order valence-electron chi connectivity index (χ1n) is 24.0. The van der Waals surface area contributed by atoms with Crippen LogP contribution in [0.25, 0.3) is 0 Å². The molecule has 0 aromatic carbocycles. The topological polar surface area (TPSA) is 135 Å². The van der Waals surface area contributed by atoms with E-state index in [0.29, 0.717) is 13.0 Å². The van der Waals surface area contributed by atoms with Gasteiger partial charge < -0.3 is 39.4 Å². The van der Waals surface area contributed by atoms with Crippen molar-refractivity contribution in [2.45, 2.75) is 192 Å². The van der Waals surface area contributed by atoms with Crippen LogP contribution in [0.15, 0.2) is 109 Å². The summed E-state index contributed by atoms with van der Waals surface area (Å²) in [5, 5.41) is 40.2. The molecule has 62 heavy (non-hydrogen) atoms. The lowest BCUT2D eigenvalue weighted by molar-refractivity contribution is -0.305. The third-order valence-corrected chi connectivity index (χ3v) is 10.2. The Kier molecular flexibility index (Phi) is 39.5. The van der Waals surface area contributed by atoms with Crippen molar-refractivity contribution >= 4 is 5.97 Å². The Labute approximate surface area is 376 Å². The van der Waals surface area contributed by atoms with E-state index in [0.717, 1.165) is 109 Å². The lowest BCUT2D eigenvalue weighted by Crippen LogP contribution is -2.59. The van der Waals surface area contributed by atoms with Crippen molar-refractivity contribution in [1.29, 1.82) is 0 Å². The highest BCUT2D eigenvalue weighted by molar-refractivity contribution is 5.69. The third kappa shape index (κ3) is 33.4. The lowest BCUT2D eigenvalue weighted by atomic mass is 9.99. The monoisotopic (exact) mass is 867 g/mol. The third-order valence-electron chi connectivity index (χ3n) is 10.2. The van der Waals surface area contributed by atoms with Crippen LogP contribution in [0.4, 0.5) is 0 Å². The van der Waals surface area contributed by atoms with Gasteiger partial charge in [0.05, 0.1) is 19.8 Å². The van der Waals surface area contributed by atoms with Gasteiger partial charge in [-0.3, -0.25) is 4.79 Å². The highest BCUT2D eigenvalue weighted by atomic mass is 16.7. The largest absolute Gasteiger partial charge is 0.457 e. The molecule has 0 aromatic heterocycles. The van der Waals surface area contributed by atoms with Crippen LogP contribution in [0, 0.1) is 0 Å². The van der Waals surface area contributed by atoms with Gasteiger partial charge in [-0.2, -0.15) is 0 Å². The number of unbranched alkanes of at least 4 members (excludes halogenated alkanes) is 10. The number of carbonyl (C=O) groups excluding carboxylic acids is 1. The number of hydrogen-bond acceptors (Lipinski definition) is 9. The minimum absolute atomic E-state index is 0.104. The molecule has 1 saturated heterocycles. The Hall–Kier alpha value is -3.15. The number of ether oxygens (including phenoxy) is 4. The van der Waals surface area contributed by atoms with Crippen LogP contribution in [0.5, 0.6) is 0 Å². The van der Waals surface area contributed by atoms with E-state index >= 15 is 0 Å². The molecule has 9 heteroatoms. The van der Waals surface area contributed by atoms with Crippen molar-refractivity contribution < 1.29 is 44.2 Å². The molecule has 0 radical (unpaired) electrons. The summed E-state index contributed by atoms with van der Waals surface area (Å²) in [6.45, 7) is 4.19. The Morgan fingerprint density at radius 3 is 1.40 bits per heavy atom. The second kappa shape index (κ2) is 43.1. The van der Waals surface area contributed by atoms with E-state index in [1.807, 2.05) is 0 Å². The van der Waals surface area contributed by atoms with Crippen molar-refractivity contribution in [3.8, 4) is 0 Å². The van der Waals surface area contributed by atoms with Gasteiger partial charge in [-0.1, -0.05) is 162 Å². The van der Waals surface area contributed by atoms with Gasteiger partial charge in [0, 0.05) is 13.0 Å². The highest BCUT2D eigenvalue weighted by Gasteiger charge is 2.44. The predicted molar refractivity (Wildman–Crippen MR) is 256 cm³/mol. The van der Waals surface area contributed by atoms with Crippen LogP contribution < -0.4 is 0 Å². The summed E-state index contributed by atoms with van der Waals surface area (Å²) in [6.07, 6.45) is 54.0. The molecule has 6 unspecified atom stereocenters. The fourth-order valence-corrected chi connectivity index (χ4v) is 6.51. The number of aliphatic hydroxyl groups excluding tert-OH is 4. The van der Waals surface area contributed by atoms with Crippen LogP contribution >= 0.6 is 0 Å². The molecular formula is C53H86O9. The zero-order chi connectivity index (χ0) is 45.0. The number of allylic oxidation sites excluding steroid dienone is 18. The molecule has 0 amide bonds. The molecule has 0 spiro atoms. The van der Waals surface area contributed by atoms with Crippen LogP contribution in [-0.4, -0.2) is 89.6 Å². The predicted octanol–water partition coefficient (Wildman–Crippen LogP) is 11.4. The summed E-state index contributed by atoms with van der Waals surface area (Å²) in [5.41, 5.74) is 0. The normalized spacial score (nSPS) is 20.8. The standard InChI is InChI=1S/C53H86O9/c1-3-5-7-9-11-13-15-17-19-21-23-24-25-26-28-30-32-34-36-38-40-42-49(55)61-47(46-60-53-52(58)51(57)50(56)48(44-54)62-53)45-59-43-41-39-37-35-33-31-29-27-22-20-18-16-14-12-10-8-6-4-2/h5-8,11-14,17-20,23-24,27,29,33,35,47-48,50-54,56-58H,3-4,9-10,15-16,21-22,25-26,28,30-32,34,36-46H2,1-2H3/b7-5-,8-6-,13-11-,14-12-,19-17-,20-18-,24-23-,29-27-,35-33-. The molecule has 0 aromatic rings. The minimum atomic E-state index is -1.55. The van der Waals surface area contributed by atoms with Gasteiger partial charge in [-0.15, -0.1) is 0 Å². The van der Waals surface area contributed by atoms with E-state index in [-0.39, 0.29) is 19.2 Å². The molecule has 4 N–H and O–H groups in total. The van der Waals surface area contributed by atoms with Crippen LogP contribution in [-0.2, 0) is 23.7 Å². The molecule has 1 aliphatic heterocycles. The van der Waals surface area contributed by atoms with Gasteiger partial charge >= 0.3 is 5.97 Å². The van der Waals surface area contributed by atoms with Gasteiger partial charge in [-0.05, 0) is 96.3 Å². The smallest absolute Gasteiger partial charge is 0.306 e. The Morgan fingerprint density at radius 2 is 0.935 bits per heavy atom. The fraction of sp³-hybridized carbons (Fsp3) is 0.642. The maximum Gasteiger partial charge on any atom is 0.306 e. The molecule has 0 bridgehead atoms. The summed E-state index contributed by atoms with van der Waals surface area (Å²) < 4.78 is 22.8. The van der Waals surface area contributed by atoms with Gasteiger partial charge in [0.1, 0.15) is 30.5 Å². The van der Waals surface area contributed by atoms with E-state index in [2.05, 4.69) is 123 Å². The highest BCUT2D eigenvalue weighted by Crippen LogP contribution is 2.22. The maximum atomic E-state index is 12.8. The number of aliphatic hydroxyl groups is 4. The van der Waals surface area contributed by atoms with Crippen molar-refractivity contribution in [2.24, 2.45) is 0 Å².